The van der Waals surface area contributed by atoms with Crippen molar-refractivity contribution in [2.45, 2.75) is 38.5 Å². The van der Waals surface area contributed by atoms with Gasteiger partial charge < -0.3 is 30.2 Å². The number of unbranched alkanes of at least 4 members (excludes halogenated alkanes) is 3. The number of carbonyl (C=O) groups is 2. The Morgan fingerprint density at radius 1 is 0.594 bits per heavy atom. The Labute approximate surface area is 185 Å². The fourth-order valence-electron chi connectivity index (χ4n) is 2.85. The highest BCUT2D eigenvalue weighted by Crippen LogP contribution is 2.34. The number of rotatable bonds is 11. The summed E-state index contributed by atoms with van der Waals surface area (Å²) in [5, 5.41) is 5.10. The van der Waals surface area contributed by atoms with E-state index in [1.54, 1.807) is 0 Å². The molecule has 0 saturated carbocycles. The van der Waals surface area contributed by atoms with Crippen LogP contribution in [0, 0.1) is 0 Å². The average Bonchev–Trinajstić information content (AvgIpc) is 2.70. The molecule has 6 N–H and O–H groups in total. The Hall–Kier alpha value is -2.32. The van der Waals surface area contributed by atoms with Crippen molar-refractivity contribution in [3.8, 4) is 0 Å². The molecular formula is C20H26N2O8P2. The van der Waals surface area contributed by atoms with Gasteiger partial charge >= 0.3 is 15.2 Å². The average molecular weight is 484 g/mol. The van der Waals surface area contributed by atoms with Crippen molar-refractivity contribution < 1.29 is 38.3 Å². The number of benzene rings is 2. The third-order valence-corrected chi connectivity index (χ3v) is 6.47. The van der Waals surface area contributed by atoms with Gasteiger partial charge in [-0.2, -0.15) is 0 Å². The lowest BCUT2D eigenvalue weighted by Crippen LogP contribution is -2.13. The second-order valence-corrected chi connectivity index (χ2v) is 10.4. The number of nitrogens with one attached hydrogen (secondary N) is 2. The van der Waals surface area contributed by atoms with Crippen LogP contribution in [0.3, 0.4) is 0 Å². The van der Waals surface area contributed by atoms with Crippen LogP contribution in [0.4, 0.5) is 11.4 Å². The van der Waals surface area contributed by atoms with Crippen LogP contribution in [0.1, 0.15) is 38.5 Å². The summed E-state index contributed by atoms with van der Waals surface area (Å²) in [7, 11) is -8.61. The minimum atomic E-state index is -4.31. The highest BCUT2D eigenvalue weighted by Gasteiger charge is 2.17. The Morgan fingerprint density at radius 3 is 1.19 bits per heavy atom. The van der Waals surface area contributed by atoms with E-state index in [-0.39, 0.29) is 22.4 Å². The van der Waals surface area contributed by atoms with Gasteiger partial charge in [0.05, 0.1) is 10.6 Å². The molecule has 0 spiro atoms. The molecule has 174 valence electrons. The molecule has 0 aliphatic carbocycles. The molecular weight excluding hydrogens is 458 g/mol. The third-order valence-electron chi connectivity index (χ3n) is 4.53. The first-order valence-corrected chi connectivity index (χ1v) is 13.1. The molecule has 0 radical (unpaired) electrons. The predicted molar refractivity (Wildman–Crippen MR) is 121 cm³/mol. The van der Waals surface area contributed by atoms with Crippen molar-refractivity contribution in [1.29, 1.82) is 0 Å². The minimum absolute atomic E-state index is 0.113. The summed E-state index contributed by atoms with van der Waals surface area (Å²) in [6.07, 6.45) is 3.37. The SMILES string of the molecule is O=C(CCCCCCC(=O)Nc1ccc(P(=O)(O)O)cc1)Nc1ccc(P(=O)(O)O)cc1. The van der Waals surface area contributed by atoms with E-state index in [0.29, 0.717) is 37.1 Å². The fraction of sp³-hybridized carbons (Fsp3) is 0.300. The zero-order valence-electron chi connectivity index (χ0n) is 17.2. The van der Waals surface area contributed by atoms with Gasteiger partial charge in [-0.05, 0) is 61.4 Å². The molecule has 2 amide bonds. The van der Waals surface area contributed by atoms with Crippen molar-refractivity contribution in [3.05, 3.63) is 48.5 Å². The summed E-state index contributed by atoms with van der Waals surface area (Å²) in [6, 6.07) is 10.8. The molecule has 0 aromatic heterocycles. The van der Waals surface area contributed by atoms with Crippen molar-refractivity contribution >= 4 is 49.0 Å². The van der Waals surface area contributed by atoms with E-state index < -0.39 is 15.2 Å². The lowest BCUT2D eigenvalue weighted by molar-refractivity contribution is -0.117. The number of carbonyl (C=O) groups excluding carboxylic acids is 2. The predicted octanol–water partition coefficient (Wildman–Crippen LogP) is 2.21. The summed E-state index contributed by atoms with van der Waals surface area (Å²) in [4.78, 5) is 60.2. The van der Waals surface area contributed by atoms with E-state index >= 15 is 0 Å². The van der Waals surface area contributed by atoms with Crippen molar-refractivity contribution in [3.63, 3.8) is 0 Å². The number of anilines is 2. The monoisotopic (exact) mass is 484 g/mol. The van der Waals surface area contributed by atoms with Crippen LogP contribution in [-0.2, 0) is 18.7 Å². The van der Waals surface area contributed by atoms with E-state index in [1.165, 1.54) is 48.5 Å². The molecule has 0 fully saturated rings. The second-order valence-electron chi connectivity index (χ2n) is 7.19. The van der Waals surface area contributed by atoms with Gasteiger partial charge in [-0.1, -0.05) is 12.8 Å². The first kappa shape index (κ1) is 25.9. The molecule has 2 aromatic rings. The quantitative estimate of drug-likeness (QED) is 0.208. The van der Waals surface area contributed by atoms with Gasteiger partial charge in [-0.25, -0.2) is 0 Å². The van der Waals surface area contributed by atoms with Crippen LogP contribution in [-0.4, -0.2) is 31.4 Å². The Balaban J connectivity index is 1.60. The Morgan fingerprint density at radius 2 is 0.906 bits per heavy atom. The van der Waals surface area contributed by atoms with Crippen molar-refractivity contribution in [1.82, 2.24) is 0 Å². The van der Waals surface area contributed by atoms with E-state index in [2.05, 4.69) is 10.6 Å². The molecule has 12 heteroatoms. The maximum absolute atomic E-state index is 11.9. The van der Waals surface area contributed by atoms with Crippen LogP contribution in [0.25, 0.3) is 0 Å². The fourth-order valence-corrected chi connectivity index (χ4v) is 3.92. The topological polar surface area (TPSA) is 173 Å². The van der Waals surface area contributed by atoms with Crippen LogP contribution in [0.15, 0.2) is 48.5 Å². The molecule has 0 unspecified atom stereocenters. The molecule has 2 aromatic carbocycles. The molecule has 0 bridgehead atoms. The van der Waals surface area contributed by atoms with Crippen LogP contribution < -0.4 is 21.2 Å². The van der Waals surface area contributed by atoms with Gasteiger partial charge in [0, 0.05) is 24.2 Å². The minimum Gasteiger partial charge on any atom is -0.326 e. The molecule has 0 aliphatic rings. The van der Waals surface area contributed by atoms with Gasteiger partial charge in [-0.3, -0.25) is 18.7 Å². The smallest absolute Gasteiger partial charge is 0.326 e. The van der Waals surface area contributed by atoms with Gasteiger partial charge in [0.2, 0.25) is 11.8 Å². The first-order valence-electron chi connectivity index (χ1n) is 9.87. The zero-order valence-corrected chi connectivity index (χ0v) is 19.0. The standard InChI is InChI=1S/C20H26N2O8P2/c23-19(21-15-7-11-17(12-8-15)31(25,26)27)5-3-1-2-4-6-20(24)22-16-9-13-18(14-10-16)32(28,29)30/h7-14H,1-6H2,(H,21,23)(H,22,24)(H2,25,26,27)(H2,28,29,30). The van der Waals surface area contributed by atoms with Crippen LogP contribution >= 0.6 is 15.2 Å². The molecule has 0 aliphatic heterocycles. The van der Waals surface area contributed by atoms with E-state index in [4.69, 9.17) is 19.6 Å². The number of hydrogen-bond acceptors (Lipinski definition) is 4. The van der Waals surface area contributed by atoms with Crippen molar-refractivity contribution in [2.24, 2.45) is 0 Å². The second kappa shape index (κ2) is 11.5. The number of hydrogen-bond donors (Lipinski definition) is 6. The summed E-state index contributed by atoms with van der Waals surface area (Å²) >= 11 is 0. The van der Waals surface area contributed by atoms with E-state index in [1.807, 2.05) is 0 Å². The largest absolute Gasteiger partial charge is 0.356 e. The molecule has 2 rings (SSSR count). The normalized spacial score (nSPS) is 11.8. The molecule has 10 nitrogen and oxygen atoms in total. The van der Waals surface area contributed by atoms with Gasteiger partial charge in [0.1, 0.15) is 0 Å². The summed E-state index contributed by atoms with van der Waals surface area (Å²) in [6.45, 7) is 0. The molecule has 0 atom stereocenters. The number of amides is 2. The Bertz CT molecular complexity index is 929. The molecule has 0 saturated heterocycles. The summed E-state index contributed by atoms with van der Waals surface area (Å²) < 4.78 is 22.3. The molecule has 32 heavy (non-hydrogen) atoms. The van der Waals surface area contributed by atoms with Crippen LogP contribution in [0.5, 0.6) is 0 Å². The van der Waals surface area contributed by atoms with Crippen LogP contribution in [0.2, 0.25) is 0 Å². The third kappa shape index (κ3) is 9.04. The van der Waals surface area contributed by atoms with E-state index in [0.717, 1.165) is 12.8 Å². The first-order chi connectivity index (χ1) is 14.9. The lowest BCUT2D eigenvalue weighted by atomic mass is 10.1. The highest BCUT2D eigenvalue weighted by molar-refractivity contribution is 7.60. The summed E-state index contributed by atoms with van der Waals surface area (Å²) in [5.41, 5.74) is 0.912. The maximum Gasteiger partial charge on any atom is 0.356 e. The van der Waals surface area contributed by atoms with E-state index in [9.17, 15) is 18.7 Å². The van der Waals surface area contributed by atoms with Crippen molar-refractivity contribution in [2.75, 3.05) is 10.6 Å². The van der Waals surface area contributed by atoms with Gasteiger partial charge in [0.15, 0.2) is 0 Å². The highest BCUT2D eigenvalue weighted by atomic mass is 31.2. The summed E-state index contributed by atoms with van der Waals surface area (Å²) in [5.74, 6) is -0.407. The lowest BCUT2D eigenvalue weighted by Gasteiger charge is -2.08. The van der Waals surface area contributed by atoms with Gasteiger partial charge in [-0.15, -0.1) is 0 Å². The Kier molecular flexibility index (Phi) is 9.33. The zero-order chi connectivity index (χ0) is 23.8. The maximum atomic E-state index is 11.9. The van der Waals surface area contributed by atoms with Gasteiger partial charge in [0.25, 0.3) is 0 Å². The molecule has 0 heterocycles.